The normalized spacial score (nSPS) is 13.2. The summed E-state index contributed by atoms with van der Waals surface area (Å²) in [7, 11) is -3.16. The monoisotopic (exact) mass is 270 g/mol. The van der Waals surface area contributed by atoms with E-state index < -0.39 is 9.84 Å². The molecular formula is C12H18N2O3S. The number of hydrogen-bond acceptors (Lipinski definition) is 4. The summed E-state index contributed by atoms with van der Waals surface area (Å²) in [6.45, 7) is 2.45. The Morgan fingerprint density at radius 2 is 1.89 bits per heavy atom. The Kier molecular flexibility index (Phi) is 4.86. The van der Waals surface area contributed by atoms with E-state index >= 15 is 0 Å². The van der Waals surface area contributed by atoms with Gasteiger partial charge in [-0.3, -0.25) is 4.79 Å². The average molecular weight is 270 g/mol. The van der Waals surface area contributed by atoms with Crippen LogP contribution in [0.1, 0.15) is 24.9 Å². The van der Waals surface area contributed by atoms with E-state index in [0.717, 1.165) is 5.56 Å². The van der Waals surface area contributed by atoms with Crippen LogP contribution in [-0.4, -0.2) is 27.1 Å². The molecule has 1 rings (SSSR count). The van der Waals surface area contributed by atoms with E-state index in [2.05, 4.69) is 5.32 Å². The maximum Gasteiger partial charge on any atom is 0.218 e. The summed E-state index contributed by atoms with van der Waals surface area (Å²) in [6.07, 6.45) is 1.46. The lowest BCUT2D eigenvalue weighted by Gasteiger charge is -2.13. The fourth-order valence-corrected chi connectivity index (χ4v) is 2.16. The van der Waals surface area contributed by atoms with Crippen LogP contribution >= 0.6 is 0 Å². The zero-order valence-electron chi connectivity index (χ0n) is 10.5. The van der Waals surface area contributed by atoms with Crippen LogP contribution in [0.2, 0.25) is 0 Å². The van der Waals surface area contributed by atoms with Crippen LogP contribution in [0.15, 0.2) is 29.2 Å². The number of carbonyl (C=O) groups excluding carboxylic acids is 1. The lowest BCUT2D eigenvalue weighted by Crippen LogP contribution is -2.24. The minimum atomic E-state index is -3.16. The van der Waals surface area contributed by atoms with E-state index in [4.69, 9.17) is 5.73 Å². The van der Waals surface area contributed by atoms with E-state index in [1.807, 2.05) is 6.92 Å². The van der Waals surface area contributed by atoms with Crippen molar-refractivity contribution in [2.24, 2.45) is 5.73 Å². The van der Waals surface area contributed by atoms with Crippen molar-refractivity contribution in [3.8, 4) is 0 Å². The van der Waals surface area contributed by atoms with Gasteiger partial charge in [-0.15, -0.1) is 0 Å². The maximum atomic E-state index is 11.3. The first-order valence-corrected chi connectivity index (χ1v) is 7.51. The van der Waals surface area contributed by atoms with Gasteiger partial charge in [0.1, 0.15) is 0 Å². The molecule has 0 fully saturated rings. The Balaban J connectivity index is 2.65. The van der Waals surface area contributed by atoms with Crippen LogP contribution < -0.4 is 11.1 Å². The Morgan fingerprint density at radius 1 is 1.33 bits per heavy atom. The van der Waals surface area contributed by atoms with Gasteiger partial charge in [-0.25, -0.2) is 8.42 Å². The standard InChI is InChI=1S/C12H18N2O3S/c1-9(14-8-7-12(13)15)10-3-5-11(6-4-10)18(2,16)17/h3-6,9,14H,7-8H2,1-2H3,(H2,13,15). The van der Waals surface area contributed by atoms with Gasteiger partial charge in [0.25, 0.3) is 0 Å². The number of rotatable bonds is 6. The molecular weight excluding hydrogens is 252 g/mol. The molecule has 1 aromatic rings. The van der Waals surface area contributed by atoms with E-state index in [1.165, 1.54) is 6.26 Å². The molecule has 0 saturated heterocycles. The highest BCUT2D eigenvalue weighted by molar-refractivity contribution is 7.90. The van der Waals surface area contributed by atoms with Crippen molar-refractivity contribution in [1.29, 1.82) is 0 Å². The molecule has 0 saturated carbocycles. The Morgan fingerprint density at radius 3 is 2.33 bits per heavy atom. The van der Waals surface area contributed by atoms with Crippen molar-refractivity contribution in [1.82, 2.24) is 5.32 Å². The molecule has 0 bridgehead atoms. The van der Waals surface area contributed by atoms with Crippen LogP contribution in [-0.2, 0) is 14.6 Å². The summed E-state index contributed by atoms with van der Waals surface area (Å²) in [5, 5.41) is 3.14. The predicted molar refractivity (Wildman–Crippen MR) is 69.8 cm³/mol. The van der Waals surface area contributed by atoms with Gasteiger partial charge in [0.2, 0.25) is 5.91 Å². The summed E-state index contributed by atoms with van der Waals surface area (Å²) >= 11 is 0. The first kappa shape index (κ1) is 14.7. The zero-order chi connectivity index (χ0) is 13.8. The number of primary amides is 1. The highest BCUT2D eigenvalue weighted by Gasteiger charge is 2.09. The first-order chi connectivity index (χ1) is 8.30. The molecule has 1 aromatic carbocycles. The Hall–Kier alpha value is -1.40. The number of amides is 1. The second-order valence-corrected chi connectivity index (χ2v) is 6.25. The SMILES string of the molecule is CC(NCCC(N)=O)c1ccc(S(C)(=O)=O)cc1. The van der Waals surface area contributed by atoms with Gasteiger partial charge in [0.15, 0.2) is 9.84 Å². The van der Waals surface area contributed by atoms with Gasteiger partial charge >= 0.3 is 0 Å². The molecule has 0 aliphatic rings. The quantitative estimate of drug-likeness (QED) is 0.793. The third-order valence-electron chi connectivity index (χ3n) is 2.63. The molecule has 0 aliphatic heterocycles. The van der Waals surface area contributed by atoms with Crippen LogP contribution in [0.25, 0.3) is 0 Å². The van der Waals surface area contributed by atoms with Crippen molar-refractivity contribution >= 4 is 15.7 Å². The van der Waals surface area contributed by atoms with Crippen LogP contribution in [0.3, 0.4) is 0 Å². The van der Waals surface area contributed by atoms with Gasteiger partial charge in [0, 0.05) is 25.3 Å². The summed E-state index contributed by atoms with van der Waals surface area (Å²) < 4.78 is 22.6. The molecule has 0 aromatic heterocycles. The van der Waals surface area contributed by atoms with Crippen LogP contribution in [0, 0.1) is 0 Å². The maximum absolute atomic E-state index is 11.3. The highest BCUT2D eigenvalue weighted by atomic mass is 32.2. The van der Waals surface area contributed by atoms with E-state index in [9.17, 15) is 13.2 Å². The molecule has 5 nitrogen and oxygen atoms in total. The molecule has 1 atom stereocenters. The molecule has 0 spiro atoms. The second-order valence-electron chi connectivity index (χ2n) is 4.23. The number of hydrogen-bond donors (Lipinski definition) is 2. The highest BCUT2D eigenvalue weighted by Crippen LogP contribution is 2.15. The van der Waals surface area contributed by atoms with Gasteiger partial charge in [-0.05, 0) is 24.6 Å². The Bertz CT molecular complexity index is 509. The Labute approximate surface area is 107 Å². The number of benzene rings is 1. The van der Waals surface area contributed by atoms with E-state index in [-0.39, 0.29) is 18.4 Å². The molecule has 0 heterocycles. The molecule has 0 aliphatic carbocycles. The average Bonchev–Trinajstić information content (AvgIpc) is 2.27. The summed E-state index contributed by atoms with van der Waals surface area (Å²) in [5.41, 5.74) is 6.00. The fourth-order valence-electron chi connectivity index (χ4n) is 1.53. The largest absolute Gasteiger partial charge is 0.370 e. The van der Waals surface area contributed by atoms with Crippen molar-refractivity contribution in [3.63, 3.8) is 0 Å². The predicted octanol–water partition coefficient (Wildman–Crippen LogP) is 0.616. The van der Waals surface area contributed by atoms with Crippen molar-refractivity contribution in [3.05, 3.63) is 29.8 Å². The molecule has 1 unspecified atom stereocenters. The lowest BCUT2D eigenvalue weighted by molar-refractivity contribution is -0.117. The summed E-state index contributed by atoms with van der Waals surface area (Å²) in [5.74, 6) is -0.345. The number of sulfone groups is 1. The van der Waals surface area contributed by atoms with E-state index in [1.54, 1.807) is 24.3 Å². The third-order valence-corrected chi connectivity index (χ3v) is 3.76. The van der Waals surface area contributed by atoms with Gasteiger partial charge in [0.05, 0.1) is 4.90 Å². The van der Waals surface area contributed by atoms with E-state index in [0.29, 0.717) is 11.4 Å². The molecule has 6 heteroatoms. The minimum Gasteiger partial charge on any atom is -0.370 e. The smallest absolute Gasteiger partial charge is 0.218 e. The van der Waals surface area contributed by atoms with Gasteiger partial charge in [-0.1, -0.05) is 12.1 Å². The molecule has 3 N–H and O–H groups in total. The third kappa shape index (κ3) is 4.46. The second kappa shape index (κ2) is 5.97. The van der Waals surface area contributed by atoms with Crippen LogP contribution in [0.5, 0.6) is 0 Å². The number of nitrogens with one attached hydrogen (secondary N) is 1. The van der Waals surface area contributed by atoms with Gasteiger partial charge in [-0.2, -0.15) is 0 Å². The molecule has 1 amide bonds. The summed E-state index contributed by atoms with van der Waals surface area (Å²) in [4.78, 5) is 10.9. The number of nitrogens with two attached hydrogens (primary N) is 1. The minimum absolute atomic E-state index is 0.0398. The molecule has 100 valence electrons. The number of carbonyl (C=O) groups is 1. The van der Waals surface area contributed by atoms with Crippen molar-refractivity contribution in [2.75, 3.05) is 12.8 Å². The first-order valence-electron chi connectivity index (χ1n) is 5.62. The van der Waals surface area contributed by atoms with Crippen molar-refractivity contribution in [2.45, 2.75) is 24.3 Å². The van der Waals surface area contributed by atoms with Crippen LogP contribution in [0.4, 0.5) is 0 Å². The van der Waals surface area contributed by atoms with Crippen molar-refractivity contribution < 1.29 is 13.2 Å². The topological polar surface area (TPSA) is 89.3 Å². The molecule has 0 radical (unpaired) electrons. The fraction of sp³-hybridized carbons (Fsp3) is 0.417. The molecule has 18 heavy (non-hydrogen) atoms. The zero-order valence-corrected chi connectivity index (χ0v) is 11.3. The summed E-state index contributed by atoms with van der Waals surface area (Å²) in [6, 6.07) is 6.72. The van der Waals surface area contributed by atoms with Gasteiger partial charge < -0.3 is 11.1 Å². The lowest BCUT2D eigenvalue weighted by atomic mass is 10.1.